The van der Waals surface area contributed by atoms with Crippen molar-refractivity contribution < 1.29 is 22.7 Å². The second-order valence-electron chi connectivity index (χ2n) is 7.01. The van der Waals surface area contributed by atoms with Gasteiger partial charge in [0.25, 0.3) is 0 Å². The minimum atomic E-state index is -4.43. The quantitative estimate of drug-likeness (QED) is 0.312. The third kappa shape index (κ3) is 6.43. The van der Waals surface area contributed by atoms with Crippen LogP contribution >= 0.6 is 11.6 Å². The second-order valence-corrected chi connectivity index (χ2v) is 7.44. The normalized spacial score (nSPS) is 11.5. The fourth-order valence-electron chi connectivity index (χ4n) is 2.94. The Hall–Kier alpha value is -3.64. The molecule has 0 atom stereocenters. The van der Waals surface area contributed by atoms with Crippen LogP contribution in [0.25, 0.3) is 23.4 Å². The maximum atomic E-state index is 12.9. The number of hydrogen-bond acceptors (Lipinski definition) is 5. The number of nitrogens with zero attached hydrogens (tertiary/aromatic N) is 4. The van der Waals surface area contributed by atoms with Gasteiger partial charge in [0.2, 0.25) is 6.73 Å². The van der Waals surface area contributed by atoms with Gasteiger partial charge in [0.05, 0.1) is 5.56 Å². The summed E-state index contributed by atoms with van der Waals surface area (Å²) >= 11 is 6.22. The SMILES string of the molecule is CCCC(=O)OCn1nc(C#N)c(-c2cc(Cl)cc(C=Cc3cccc(C(F)(F)F)c3)c2)n1. The lowest BCUT2D eigenvalue weighted by atomic mass is 10.0. The van der Waals surface area contributed by atoms with Gasteiger partial charge < -0.3 is 4.74 Å². The number of halogens is 4. The van der Waals surface area contributed by atoms with E-state index in [1.54, 1.807) is 30.3 Å². The Morgan fingerprint density at radius 2 is 1.94 bits per heavy atom. The van der Waals surface area contributed by atoms with E-state index in [1.165, 1.54) is 12.1 Å². The highest BCUT2D eigenvalue weighted by Gasteiger charge is 2.30. The number of ether oxygens (including phenoxy) is 1. The fourth-order valence-corrected chi connectivity index (χ4v) is 3.18. The Kier molecular flexibility index (Phi) is 7.51. The van der Waals surface area contributed by atoms with Crippen molar-refractivity contribution in [3.63, 3.8) is 0 Å². The molecule has 3 rings (SSSR count). The predicted molar refractivity (Wildman–Crippen MR) is 117 cm³/mol. The largest absolute Gasteiger partial charge is 0.441 e. The van der Waals surface area contributed by atoms with Crippen LogP contribution in [0.5, 0.6) is 0 Å². The summed E-state index contributed by atoms with van der Waals surface area (Å²) in [5.74, 6) is -0.403. The van der Waals surface area contributed by atoms with E-state index in [0.29, 0.717) is 28.1 Å². The van der Waals surface area contributed by atoms with Crippen LogP contribution in [0.3, 0.4) is 0 Å². The second kappa shape index (κ2) is 10.3. The zero-order valence-corrected chi connectivity index (χ0v) is 18.2. The summed E-state index contributed by atoms with van der Waals surface area (Å²) in [5.41, 5.74) is 0.934. The van der Waals surface area contributed by atoms with Crippen molar-refractivity contribution in [1.82, 2.24) is 15.0 Å². The molecule has 1 aromatic heterocycles. The van der Waals surface area contributed by atoms with Crippen LogP contribution in [-0.2, 0) is 22.4 Å². The van der Waals surface area contributed by atoms with Crippen molar-refractivity contribution in [2.45, 2.75) is 32.7 Å². The number of nitriles is 1. The molecule has 6 nitrogen and oxygen atoms in total. The smallest absolute Gasteiger partial charge is 0.416 e. The Morgan fingerprint density at radius 1 is 1.18 bits per heavy atom. The summed E-state index contributed by atoms with van der Waals surface area (Å²) in [6.07, 6.45) is -0.403. The van der Waals surface area contributed by atoms with E-state index < -0.39 is 17.7 Å². The molecule has 0 aliphatic heterocycles. The lowest BCUT2D eigenvalue weighted by molar-refractivity contribution is -0.148. The summed E-state index contributed by atoms with van der Waals surface area (Å²) in [7, 11) is 0. The van der Waals surface area contributed by atoms with Crippen LogP contribution < -0.4 is 0 Å². The van der Waals surface area contributed by atoms with Crippen molar-refractivity contribution in [2.24, 2.45) is 0 Å². The minimum absolute atomic E-state index is 0.0108. The zero-order chi connectivity index (χ0) is 24.0. The molecule has 0 N–H and O–H groups in total. The molecular formula is C23H18ClF3N4O2. The highest BCUT2D eigenvalue weighted by atomic mass is 35.5. The Morgan fingerprint density at radius 3 is 2.64 bits per heavy atom. The van der Waals surface area contributed by atoms with Gasteiger partial charge in [0.15, 0.2) is 5.69 Å². The predicted octanol–water partition coefficient (Wildman–Crippen LogP) is 5.96. The van der Waals surface area contributed by atoms with Crippen molar-refractivity contribution in [1.29, 1.82) is 5.26 Å². The van der Waals surface area contributed by atoms with Crippen LogP contribution in [0, 0.1) is 11.3 Å². The molecule has 0 saturated heterocycles. The van der Waals surface area contributed by atoms with Crippen molar-refractivity contribution in [2.75, 3.05) is 0 Å². The Balaban J connectivity index is 1.87. The number of benzene rings is 2. The highest BCUT2D eigenvalue weighted by Crippen LogP contribution is 2.30. The van der Waals surface area contributed by atoms with E-state index in [-0.39, 0.29) is 24.5 Å². The number of esters is 1. The molecule has 0 aliphatic carbocycles. The maximum absolute atomic E-state index is 12.9. The molecule has 33 heavy (non-hydrogen) atoms. The van der Waals surface area contributed by atoms with Crippen molar-refractivity contribution in [3.8, 4) is 17.3 Å². The van der Waals surface area contributed by atoms with Gasteiger partial charge in [-0.15, -0.1) is 15.0 Å². The molecule has 170 valence electrons. The molecule has 0 amide bonds. The number of alkyl halides is 3. The fraction of sp³-hybridized carbons (Fsp3) is 0.217. The number of aromatic nitrogens is 3. The average Bonchev–Trinajstić information content (AvgIpc) is 3.19. The number of carbonyl (C=O) groups excluding carboxylic acids is 1. The van der Waals surface area contributed by atoms with Crippen LogP contribution in [0.1, 0.15) is 42.1 Å². The first kappa shape index (κ1) is 24.0. The van der Waals surface area contributed by atoms with E-state index in [9.17, 15) is 23.2 Å². The van der Waals surface area contributed by atoms with Crippen LogP contribution in [0.4, 0.5) is 13.2 Å². The van der Waals surface area contributed by atoms with Gasteiger partial charge in [-0.2, -0.15) is 18.4 Å². The van der Waals surface area contributed by atoms with E-state index in [4.69, 9.17) is 16.3 Å². The van der Waals surface area contributed by atoms with Crippen LogP contribution in [-0.4, -0.2) is 21.0 Å². The van der Waals surface area contributed by atoms with Crippen molar-refractivity contribution >= 4 is 29.7 Å². The third-order valence-corrected chi connectivity index (χ3v) is 4.65. The first-order valence-electron chi connectivity index (χ1n) is 9.86. The van der Waals surface area contributed by atoms with Gasteiger partial charge in [0.1, 0.15) is 11.8 Å². The zero-order valence-electron chi connectivity index (χ0n) is 17.4. The summed E-state index contributed by atoms with van der Waals surface area (Å²) in [5, 5.41) is 18.0. The van der Waals surface area contributed by atoms with E-state index in [1.807, 2.05) is 13.0 Å². The van der Waals surface area contributed by atoms with Gasteiger partial charge in [-0.05, 0) is 47.9 Å². The first-order chi connectivity index (χ1) is 15.7. The minimum Gasteiger partial charge on any atom is -0.441 e. The molecule has 0 aliphatic rings. The molecule has 3 aromatic rings. The molecule has 0 radical (unpaired) electrons. The standard InChI is InChI=1S/C23H18ClF3N4O2/c1-2-4-21(32)33-14-31-29-20(13-28)22(30-31)17-9-16(11-19(24)12-17)8-7-15-5-3-6-18(10-15)23(25,26)27/h3,5-12H,2,4,14H2,1H3. The summed E-state index contributed by atoms with van der Waals surface area (Å²) < 4.78 is 43.8. The van der Waals surface area contributed by atoms with E-state index in [2.05, 4.69) is 10.2 Å². The molecule has 2 aromatic carbocycles. The molecule has 0 unspecified atom stereocenters. The maximum Gasteiger partial charge on any atom is 0.416 e. The molecule has 10 heteroatoms. The Bertz CT molecular complexity index is 1230. The van der Waals surface area contributed by atoms with Gasteiger partial charge in [-0.1, -0.05) is 42.8 Å². The molecule has 1 heterocycles. The lowest BCUT2D eigenvalue weighted by Gasteiger charge is -2.07. The monoisotopic (exact) mass is 474 g/mol. The van der Waals surface area contributed by atoms with Gasteiger partial charge in [0, 0.05) is 17.0 Å². The molecule has 0 bridgehead atoms. The summed E-state index contributed by atoms with van der Waals surface area (Å²) in [4.78, 5) is 12.7. The van der Waals surface area contributed by atoms with Gasteiger partial charge >= 0.3 is 12.1 Å². The average molecular weight is 475 g/mol. The Labute approximate surface area is 192 Å². The van der Waals surface area contributed by atoms with Crippen molar-refractivity contribution in [3.05, 3.63) is 69.9 Å². The summed E-state index contributed by atoms with van der Waals surface area (Å²) in [6, 6.07) is 11.8. The summed E-state index contributed by atoms with van der Waals surface area (Å²) in [6.45, 7) is 1.61. The molecule has 0 fully saturated rings. The lowest BCUT2D eigenvalue weighted by Crippen LogP contribution is -2.11. The number of rotatable bonds is 7. The van der Waals surface area contributed by atoms with Gasteiger partial charge in [-0.3, -0.25) is 4.79 Å². The van der Waals surface area contributed by atoms with E-state index in [0.717, 1.165) is 16.9 Å². The van der Waals surface area contributed by atoms with Crippen LogP contribution in [0.15, 0.2) is 42.5 Å². The highest BCUT2D eigenvalue weighted by molar-refractivity contribution is 6.31. The topological polar surface area (TPSA) is 80.8 Å². The molecule has 0 spiro atoms. The third-order valence-electron chi connectivity index (χ3n) is 4.43. The molecular weight excluding hydrogens is 457 g/mol. The van der Waals surface area contributed by atoms with E-state index >= 15 is 0 Å². The van der Waals surface area contributed by atoms with Gasteiger partial charge in [-0.25, -0.2) is 0 Å². The molecule has 0 saturated carbocycles. The number of carbonyl (C=O) groups is 1. The number of hydrogen-bond donors (Lipinski definition) is 0. The first-order valence-corrected chi connectivity index (χ1v) is 10.2. The van der Waals surface area contributed by atoms with Crippen LogP contribution in [0.2, 0.25) is 5.02 Å².